The molecule has 0 aliphatic heterocycles. The van der Waals surface area contributed by atoms with E-state index in [0.717, 1.165) is 5.56 Å². The number of benzene rings is 1. The Morgan fingerprint density at radius 3 is 2.79 bits per heavy atom. The van der Waals surface area contributed by atoms with Gasteiger partial charge in [-0.05, 0) is 42.3 Å². The van der Waals surface area contributed by atoms with Crippen LogP contribution in [-0.4, -0.2) is 22.8 Å². The Morgan fingerprint density at radius 2 is 2.16 bits per heavy atom. The smallest absolute Gasteiger partial charge is 0.254 e. The zero-order valence-corrected chi connectivity index (χ0v) is 10.9. The highest BCUT2D eigenvalue weighted by Crippen LogP contribution is 2.13. The largest absolute Gasteiger partial charge is 0.337 e. The van der Waals surface area contributed by atoms with Crippen LogP contribution in [0, 0.1) is 12.7 Å². The first-order valence-electron chi connectivity index (χ1n) is 5.98. The van der Waals surface area contributed by atoms with Crippen LogP contribution in [0.3, 0.4) is 0 Å². The molecule has 98 valence electrons. The number of amides is 1. The minimum absolute atomic E-state index is 0.124. The molecule has 0 unspecified atom stereocenters. The van der Waals surface area contributed by atoms with Gasteiger partial charge in [-0.15, -0.1) is 0 Å². The van der Waals surface area contributed by atoms with Gasteiger partial charge in [0, 0.05) is 31.5 Å². The predicted octanol–water partition coefficient (Wildman–Crippen LogP) is 2.80. The predicted molar refractivity (Wildman–Crippen MR) is 71.2 cm³/mol. The molecular weight excluding hydrogens is 243 g/mol. The van der Waals surface area contributed by atoms with E-state index >= 15 is 0 Å². The highest BCUT2D eigenvalue weighted by Gasteiger charge is 2.14. The summed E-state index contributed by atoms with van der Waals surface area (Å²) >= 11 is 0. The Morgan fingerprint density at radius 1 is 1.37 bits per heavy atom. The van der Waals surface area contributed by atoms with Crippen LogP contribution < -0.4 is 0 Å². The molecule has 2 rings (SSSR count). The molecule has 1 aromatic heterocycles. The van der Waals surface area contributed by atoms with Crippen molar-refractivity contribution in [3.05, 3.63) is 65.2 Å². The number of pyridine rings is 1. The van der Waals surface area contributed by atoms with Crippen LogP contribution in [0.5, 0.6) is 0 Å². The summed E-state index contributed by atoms with van der Waals surface area (Å²) in [4.78, 5) is 17.9. The van der Waals surface area contributed by atoms with Gasteiger partial charge in [0.1, 0.15) is 5.82 Å². The molecule has 1 amide bonds. The van der Waals surface area contributed by atoms with Gasteiger partial charge < -0.3 is 4.90 Å². The van der Waals surface area contributed by atoms with Gasteiger partial charge in [-0.1, -0.05) is 6.07 Å². The minimum atomic E-state index is -0.330. The van der Waals surface area contributed by atoms with Crippen molar-refractivity contribution in [2.75, 3.05) is 7.05 Å². The number of hydrogen-bond donors (Lipinski definition) is 0. The van der Waals surface area contributed by atoms with Crippen molar-refractivity contribution in [1.29, 1.82) is 0 Å². The Balaban J connectivity index is 2.15. The van der Waals surface area contributed by atoms with E-state index in [1.54, 1.807) is 31.3 Å². The summed E-state index contributed by atoms with van der Waals surface area (Å²) in [5.41, 5.74) is 2.12. The number of nitrogens with zero attached hydrogens (tertiary/aromatic N) is 2. The lowest BCUT2D eigenvalue weighted by Crippen LogP contribution is -2.26. The molecule has 1 heterocycles. The molecule has 2 aromatic rings. The lowest BCUT2D eigenvalue weighted by Gasteiger charge is -2.18. The zero-order chi connectivity index (χ0) is 13.8. The molecule has 1 aromatic carbocycles. The highest BCUT2D eigenvalue weighted by molar-refractivity contribution is 5.95. The topological polar surface area (TPSA) is 33.2 Å². The molecule has 0 fully saturated rings. The molecule has 0 saturated carbocycles. The van der Waals surface area contributed by atoms with E-state index in [2.05, 4.69) is 4.98 Å². The number of aryl methyl sites for hydroxylation is 1. The molecule has 0 atom stereocenters. The van der Waals surface area contributed by atoms with Crippen molar-refractivity contribution >= 4 is 5.91 Å². The van der Waals surface area contributed by atoms with Gasteiger partial charge in [0.25, 0.3) is 5.91 Å². The van der Waals surface area contributed by atoms with Crippen LogP contribution in [0.25, 0.3) is 0 Å². The van der Waals surface area contributed by atoms with Crippen LogP contribution in [0.15, 0.2) is 42.7 Å². The van der Waals surface area contributed by atoms with Gasteiger partial charge in [0.2, 0.25) is 0 Å². The first-order valence-corrected chi connectivity index (χ1v) is 5.98. The summed E-state index contributed by atoms with van der Waals surface area (Å²) in [6, 6.07) is 7.93. The zero-order valence-electron chi connectivity index (χ0n) is 10.9. The molecule has 0 radical (unpaired) electrons. The van der Waals surface area contributed by atoms with Crippen LogP contribution in [0.2, 0.25) is 0 Å². The summed E-state index contributed by atoms with van der Waals surface area (Å²) in [6.07, 6.45) is 3.41. The van der Waals surface area contributed by atoms with Gasteiger partial charge >= 0.3 is 0 Å². The van der Waals surface area contributed by atoms with E-state index in [-0.39, 0.29) is 11.7 Å². The van der Waals surface area contributed by atoms with Crippen molar-refractivity contribution in [3.63, 3.8) is 0 Å². The van der Waals surface area contributed by atoms with E-state index < -0.39 is 0 Å². The average Bonchev–Trinajstić information content (AvgIpc) is 2.39. The quantitative estimate of drug-likeness (QED) is 0.848. The van der Waals surface area contributed by atoms with Gasteiger partial charge in [-0.3, -0.25) is 9.78 Å². The van der Waals surface area contributed by atoms with Gasteiger partial charge in [0.05, 0.1) is 0 Å². The van der Waals surface area contributed by atoms with Crippen molar-refractivity contribution in [3.8, 4) is 0 Å². The SMILES string of the molecule is Cc1cc(F)ccc1C(=O)N(C)Cc1cccnc1. The normalized spacial score (nSPS) is 10.3. The fourth-order valence-corrected chi connectivity index (χ4v) is 1.91. The number of halogens is 1. The molecule has 0 spiro atoms. The van der Waals surface area contributed by atoms with E-state index in [1.165, 1.54) is 18.2 Å². The maximum Gasteiger partial charge on any atom is 0.254 e. The molecule has 0 saturated heterocycles. The molecule has 3 nitrogen and oxygen atoms in total. The Labute approximate surface area is 111 Å². The first kappa shape index (κ1) is 13.2. The third-order valence-electron chi connectivity index (χ3n) is 2.91. The molecule has 19 heavy (non-hydrogen) atoms. The van der Waals surface area contributed by atoms with E-state index in [9.17, 15) is 9.18 Å². The van der Waals surface area contributed by atoms with E-state index in [1.807, 2.05) is 12.1 Å². The maximum atomic E-state index is 13.0. The van der Waals surface area contributed by atoms with Gasteiger partial charge in [-0.25, -0.2) is 4.39 Å². The second kappa shape index (κ2) is 5.61. The Bertz CT molecular complexity index is 584. The molecule has 0 N–H and O–H groups in total. The maximum absolute atomic E-state index is 13.0. The number of hydrogen-bond acceptors (Lipinski definition) is 2. The molecule has 0 aliphatic rings. The summed E-state index contributed by atoms with van der Waals surface area (Å²) in [5.74, 6) is -0.453. The average molecular weight is 258 g/mol. The van der Waals surface area contributed by atoms with Gasteiger partial charge in [-0.2, -0.15) is 0 Å². The molecular formula is C15H15FN2O. The van der Waals surface area contributed by atoms with Crippen molar-refractivity contribution in [2.24, 2.45) is 0 Å². The number of rotatable bonds is 3. The monoisotopic (exact) mass is 258 g/mol. The lowest BCUT2D eigenvalue weighted by atomic mass is 10.1. The third-order valence-corrected chi connectivity index (χ3v) is 2.91. The number of aromatic nitrogens is 1. The van der Waals surface area contributed by atoms with Crippen molar-refractivity contribution in [1.82, 2.24) is 9.88 Å². The van der Waals surface area contributed by atoms with Crippen LogP contribution in [-0.2, 0) is 6.54 Å². The van der Waals surface area contributed by atoms with Crippen molar-refractivity contribution < 1.29 is 9.18 Å². The van der Waals surface area contributed by atoms with Crippen LogP contribution >= 0.6 is 0 Å². The van der Waals surface area contributed by atoms with Crippen LogP contribution in [0.4, 0.5) is 4.39 Å². The standard InChI is InChI=1S/C15H15FN2O/c1-11-8-13(16)5-6-14(11)15(19)18(2)10-12-4-3-7-17-9-12/h3-9H,10H2,1-2H3. The molecule has 0 bridgehead atoms. The highest BCUT2D eigenvalue weighted by atomic mass is 19.1. The van der Waals surface area contributed by atoms with E-state index in [0.29, 0.717) is 17.7 Å². The Hall–Kier alpha value is -2.23. The summed E-state index contributed by atoms with van der Waals surface area (Å²) in [7, 11) is 1.72. The number of carbonyl (C=O) groups is 1. The van der Waals surface area contributed by atoms with Crippen molar-refractivity contribution in [2.45, 2.75) is 13.5 Å². The fraction of sp³-hybridized carbons (Fsp3) is 0.200. The fourth-order valence-electron chi connectivity index (χ4n) is 1.91. The summed E-state index contributed by atoms with van der Waals surface area (Å²) in [5, 5.41) is 0. The summed E-state index contributed by atoms with van der Waals surface area (Å²) in [6.45, 7) is 2.21. The number of carbonyl (C=O) groups excluding carboxylic acids is 1. The Kier molecular flexibility index (Phi) is 3.90. The second-order valence-electron chi connectivity index (χ2n) is 4.48. The second-order valence-corrected chi connectivity index (χ2v) is 4.48. The van der Waals surface area contributed by atoms with Crippen LogP contribution in [0.1, 0.15) is 21.5 Å². The molecule has 0 aliphatic carbocycles. The van der Waals surface area contributed by atoms with E-state index in [4.69, 9.17) is 0 Å². The summed E-state index contributed by atoms with van der Waals surface area (Å²) < 4.78 is 13.0. The third kappa shape index (κ3) is 3.16. The van der Waals surface area contributed by atoms with Gasteiger partial charge in [0.15, 0.2) is 0 Å². The first-order chi connectivity index (χ1) is 9.08. The molecule has 4 heteroatoms. The minimum Gasteiger partial charge on any atom is -0.337 e. The lowest BCUT2D eigenvalue weighted by molar-refractivity contribution is 0.0784.